The van der Waals surface area contributed by atoms with Gasteiger partial charge in [-0.1, -0.05) is 502 Å². The number of fused-ring (bicyclic) bond motifs is 1. The number of hydrogen-bond acceptors (Lipinski definition) is 8. The Balaban J connectivity index is -0.0000000976. The van der Waals surface area contributed by atoms with Crippen LogP contribution in [0.5, 0.6) is 0 Å². The maximum Gasteiger partial charge on any atom is 0.217 e. The van der Waals surface area contributed by atoms with Crippen LogP contribution in [0.3, 0.4) is 0 Å². The Labute approximate surface area is 938 Å². The van der Waals surface area contributed by atoms with Crippen LogP contribution < -0.4 is 11.5 Å². The van der Waals surface area contributed by atoms with Gasteiger partial charge in [0.1, 0.15) is 17.3 Å². The molecule has 2 unspecified atom stereocenters. The van der Waals surface area contributed by atoms with E-state index in [4.69, 9.17) is 16.6 Å². The van der Waals surface area contributed by atoms with Crippen LogP contribution in [0.15, 0.2) is 107 Å². The number of aliphatic hydroxyl groups is 1. The normalized spacial score (nSPS) is 11.8. The summed E-state index contributed by atoms with van der Waals surface area (Å²) >= 11 is 1.93. The van der Waals surface area contributed by atoms with Gasteiger partial charge in [-0.2, -0.15) is 11.8 Å². The number of aliphatic imine (C=N–C) groups is 2. The Morgan fingerprint density at radius 1 is 0.419 bits per heavy atom. The predicted molar refractivity (Wildman–Crippen MR) is 689 cm³/mol. The highest BCUT2D eigenvalue weighted by molar-refractivity contribution is 7.98. The molecule has 148 heavy (non-hydrogen) atoms. The van der Waals surface area contributed by atoms with E-state index >= 15 is 0 Å². The lowest BCUT2D eigenvalue weighted by Crippen LogP contribution is -2.10. The van der Waals surface area contributed by atoms with Crippen LogP contribution in [0.1, 0.15) is 552 Å². The van der Waals surface area contributed by atoms with E-state index in [9.17, 15) is 19.2 Å². The minimum Gasteiger partial charge on any atom is -0.393 e. The summed E-state index contributed by atoms with van der Waals surface area (Å²) in [7, 11) is 0. The zero-order valence-corrected chi connectivity index (χ0v) is 110. The molecule has 0 radical (unpaired) electrons. The van der Waals surface area contributed by atoms with Crippen molar-refractivity contribution in [1.29, 1.82) is 0 Å². The van der Waals surface area contributed by atoms with Crippen LogP contribution in [0.25, 0.3) is 10.9 Å². The van der Waals surface area contributed by atoms with Crippen molar-refractivity contribution >= 4 is 58.0 Å². The second kappa shape index (κ2) is 124. The summed E-state index contributed by atoms with van der Waals surface area (Å²) in [5.41, 5.74) is 18.5. The average molecular weight is 2100 g/mol. The number of rotatable bonds is 38. The molecule has 1 aliphatic carbocycles. The zero-order chi connectivity index (χ0) is 117. The lowest BCUT2D eigenvalue weighted by atomic mass is 9.95. The smallest absolute Gasteiger partial charge is 0.217 e. The van der Waals surface area contributed by atoms with Gasteiger partial charge in [0.2, 0.25) is 5.91 Å². The van der Waals surface area contributed by atoms with Crippen molar-refractivity contribution in [3.63, 3.8) is 0 Å². The highest BCUT2D eigenvalue weighted by Crippen LogP contribution is 2.31. The summed E-state index contributed by atoms with van der Waals surface area (Å²) < 4.78 is 0. The number of para-hydroxylation sites is 1. The molecule has 6 N–H and O–H groups in total. The van der Waals surface area contributed by atoms with E-state index < -0.39 is 0 Å². The molecule has 1 fully saturated rings. The molecule has 6 rings (SSSR count). The molecule has 0 spiro atoms. The summed E-state index contributed by atoms with van der Waals surface area (Å²) in [5, 5.41) is 10.0. The second-order valence-electron chi connectivity index (χ2n) is 50.0. The average Bonchev–Trinajstić information content (AvgIpc) is 1.69. The number of nitrogens with two attached hydrogens (primary N) is 2. The number of nitrogens with one attached hydrogen (secondary N) is 1. The number of carbonyl (C=O) groups excluding carboxylic acids is 4. The summed E-state index contributed by atoms with van der Waals surface area (Å²) in [6.45, 7) is 117. The van der Waals surface area contributed by atoms with Crippen LogP contribution in [-0.4, -0.2) is 70.1 Å². The van der Waals surface area contributed by atoms with Crippen molar-refractivity contribution in [3.05, 3.63) is 119 Å². The molecule has 2 aliphatic rings. The molecule has 0 bridgehead atoms. The first-order valence-corrected chi connectivity index (χ1v) is 60.8. The van der Waals surface area contributed by atoms with Crippen molar-refractivity contribution in [2.45, 2.75) is 562 Å². The van der Waals surface area contributed by atoms with Crippen LogP contribution >= 0.6 is 11.8 Å². The Morgan fingerprint density at radius 2 is 0.791 bits per heavy atom. The van der Waals surface area contributed by atoms with Crippen molar-refractivity contribution in [3.8, 4) is 0 Å². The quantitative estimate of drug-likeness (QED) is 0.0196. The van der Waals surface area contributed by atoms with Gasteiger partial charge in [-0.15, -0.1) is 0 Å². The number of benzene rings is 3. The van der Waals surface area contributed by atoms with E-state index in [0.717, 1.165) is 171 Å². The number of ketones is 3. The van der Waals surface area contributed by atoms with Gasteiger partial charge >= 0.3 is 0 Å². The summed E-state index contributed by atoms with van der Waals surface area (Å²) in [6, 6.07) is 27.9. The Bertz CT molecular complexity index is 3280. The fourth-order valence-corrected chi connectivity index (χ4v) is 12.7. The third-order valence-electron chi connectivity index (χ3n) is 22.9. The molecule has 0 saturated heterocycles. The number of aryl methyl sites for hydroxylation is 1. The molecule has 1 aromatic heterocycles. The summed E-state index contributed by atoms with van der Waals surface area (Å²) in [6.07, 6.45) is 39.3. The van der Waals surface area contributed by atoms with E-state index in [2.05, 4.69) is 410 Å². The fraction of sp³-hybridized carbons (Fsp3) is 0.796. The number of carbonyl (C=O) groups is 4. The number of nitrogens with zero attached hydrogens (tertiary/aromatic N) is 2. The van der Waals surface area contributed by atoms with Gasteiger partial charge in [-0.25, -0.2) is 0 Å². The maximum atomic E-state index is 10.3. The second-order valence-corrected chi connectivity index (χ2v) is 51.0. The van der Waals surface area contributed by atoms with Gasteiger partial charge in [-0.3, -0.25) is 14.8 Å². The van der Waals surface area contributed by atoms with Crippen LogP contribution in [0, 0.1) is 143 Å². The van der Waals surface area contributed by atoms with E-state index in [-0.39, 0.29) is 38.4 Å². The number of H-pyrrole nitrogens is 1. The fourth-order valence-electron chi connectivity index (χ4n) is 12.0. The molecule has 1 saturated carbocycles. The topological polar surface area (TPSA) is 181 Å². The largest absolute Gasteiger partial charge is 0.393 e. The minimum atomic E-state index is -0.196. The number of primary amides is 1. The van der Waals surface area contributed by atoms with Gasteiger partial charge < -0.3 is 35.9 Å². The first-order valence-electron chi connectivity index (χ1n) is 59.4. The number of aromatic nitrogens is 1. The number of allylic oxidation sites excluding steroid dienone is 2. The minimum absolute atomic E-state index is 0. The first kappa shape index (κ1) is 176. The molecule has 2 heterocycles. The number of Topliss-reactive ketones (excluding diaryl/α,β-unsaturated/α-hetero) is 3. The zero-order valence-electron chi connectivity index (χ0n) is 109. The van der Waals surface area contributed by atoms with Crippen LogP contribution in [-0.2, 0) is 38.4 Å². The molecule has 4 aromatic rings. The van der Waals surface area contributed by atoms with Crippen LogP contribution in [0.2, 0.25) is 0 Å². The van der Waals surface area contributed by atoms with Crippen molar-refractivity contribution in [2.75, 3.05) is 18.6 Å². The number of unbranched alkanes of at least 4 members (excludes halogenated alkanes) is 2. The standard InChI is InChI=1S/C12H15N.C11H16.C10H14.C8H18N2.C8H13N.C8H16.C8H18.C7H14O.2C7H16.C6H13NO.2C6H12O.C6H14S.C6H14.C5H12O.2C5H12.C4H10.2CH4/c1-9(2)7-10-8-13-12-6-4-3-5-11(10)12;1-9(2)8-11-6-4-10(3)5-7-11;1-9(2)8-10-6-4-3-5-7-10;1-7(2)5-4-6-10-8(3)9;1-7(2)6-8-4-3-5-9-8;1-7(2)8-5-3-4-6-8;1-4-5-6-7-8(2)3;1-6(2)4-5-7(3)8;1-6(2)5-7(3)4;1-5-7(4)6(2)3;1-5(2)3-4-6(7)8;2*1-5(2)4-6(3)7;1-6(2)4-5-7-3;1-5(2)6(3)4;1-4(2)5(3)6;2*1-4-5(2)3;1-4(2)3;;/h3-6,8-9,13H,7H2,1-2H3;4-7,9H,8H2,1-3H3;3-7,9H,8H2,1-2H3;7H,4-6H2,1-3H3,(H2,9,10);4-5,7H,3,6H2,1-2H3;7-8H,3-6H2,1-2H3;8H,4-7H2,1-3H3;6H,4-5H2,1-3H3;2*6-7H,5H2,1-4H3;5H,3-4H2,1-2H3,(H2,7,8);2*5H,4H2,1-3H3;6H,4-5H2,1-3H3;5-6H,1-4H3;4-6H,1-3H3;2*5H,4H2,1-3H3;4H,1-3H3;2*1H4. The lowest BCUT2D eigenvalue weighted by molar-refractivity contribution is -0.118. The van der Waals surface area contributed by atoms with E-state index in [0.29, 0.717) is 47.6 Å². The Morgan fingerprint density at radius 3 is 1.03 bits per heavy atom. The SMILES string of the molecule is C.C.CC(=O)CC(C)C.CC(=O)CC(C)C.CC(=O)CCC(C)C.CC(C)C.CC(C)C(C)C.CC(C)C(C)O.CC(C)C1CCCC1.CC(C)CC(C)C.CC(C)CC1=CCC=N1.CC(C)CCC(N)=O.CC(C)Cc1c[nH]c2ccccc12.CC(C)Cc1ccccc1.CC(N)=NCCCC(C)C.CCC(C)C.CCC(C)C.CCC(C)C(C)C.CCCCCC(C)C.CSCCC(C)C.Cc1ccc(CC(C)C)cc1. The summed E-state index contributed by atoms with van der Waals surface area (Å²) in [5.74, 6) is 20.8. The van der Waals surface area contributed by atoms with Crippen molar-refractivity contribution < 1.29 is 24.3 Å². The van der Waals surface area contributed by atoms with E-state index in [1.54, 1.807) is 27.7 Å². The summed E-state index contributed by atoms with van der Waals surface area (Å²) in [4.78, 5) is 52.6. The van der Waals surface area contributed by atoms with Crippen molar-refractivity contribution in [2.24, 2.45) is 158 Å². The molecular formula is C137H275N5O5S. The van der Waals surface area contributed by atoms with Gasteiger partial charge in [0.25, 0.3) is 0 Å². The number of amidine groups is 1. The monoisotopic (exact) mass is 2100 g/mol. The van der Waals surface area contributed by atoms with Gasteiger partial charge in [0, 0.05) is 67.7 Å². The highest BCUT2D eigenvalue weighted by atomic mass is 32.2. The molecule has 3 aromatic carbocycles. The van der Waals surface area contributed by atoms with E-state index in [1.807, 2.05) is 66.4 Å². The van der Waals surface area contributed by atoms with Gasteiger partial charge in [0.05, 0.1) is 11.9 Å². The molecular weight excluding hydrogens is 1830 g/mol. The number of aromatic amines is 1. The number of thioether (sulfide) groups is 1. The van der Waals surface area contributed by atoms with Gasteiger partial charge in [-0.05, 0) is 277 Å². The number of aliphatic hydroxyl groups excluding tert-OH is 1. The molecule has 884 valence electrons. The van der Waals surface area contributed by atoms with Gasteiger partial charge in [0.15, 0.2) is 0 Å². The predicted octanol–water partition coefficient (Wildman–Crippen LogP) is 44.0. The molecule has 11 heteroatoms. The van der Waals surface area contributed by atoms with E-state index in [1.165, 1.54) is 147 Å². The molecule has 2 atom stereocenters. The first-order chi connectivity index (χ1) is 67.4. The molecule has 10 nitrogen and oxygen atoms in total. The third-order valence-corrected chi connectivity index (χ3v) is 23.5. The van der Waals surface area contributed by atoms with Crippen molar-refractivity contribution in [1.82, 2.24) is 4.98 Å². The molecule has 1 amide bonds. The highest BCUT2D eigenvalue weighted by Gasteiger charge is 2.18. The number of hydrogen-bond donors (Lipinski definition) is 4. The third kappa shape index (κ3) is 183. The maximum absolute atomic E-state index is 10.3. The Kier molecular flexibility index (Phi) is 147. The van der Waals surface area contributed by atoms with Crippen LogP contribution in [0.4, 0.5) is 0 Å². The lowest BCUT2D eigenvalue weighted by Gasteiger charge is -2.11. The number of amides is 1. The Hall–Kier alpha value is -5.13. The molecule has 1 aliphatic heterocycles.